The van der Waals surface area contributed by atoms with Crippen LogP contribution in [0.25, 0.3) is 0 Å². The molecule has 1 aliphatic rings. The third-order valence-electron chi connectivity index (χ3n) is 3.25. The van der Waals surface area contributed by atoms with Gasteiger partial charge in [-0.15, -0.1) is 0 Å². The van der Waals surface area contributed by atoms with Crippen LogP contribution in [0.3, 0.4) is 0 Å². The Morgan fingerprint density at radius 1 is 1.20 bits per heavy atom. The molecule has 2 heterocycles. The Morgan fingerprint density at radius 2 is 2.00 bits per heavy atom. The predicted molar refractivity (Wildman–Crippen MR) is 74.3 cm³/mol. The summed E-state index contributed by atoms with van der Waals surface area (Å²) in [5.41, 5.74) is 8.08. The SMILES string of the molecule is COc1ncccc1C(N)c1ccc2c(c1)OCCO2. The fraction of sp³-hybridized carbons (Fsp3) is 0.267. The van der Waals surface area contributed by atoms with Crippen LogP contribution in [0.2, 0.25) is 0 Å². The number of rotatable bonds is 3. The first kappa shape index (κ1) is 12.7. The van der Waals surface area contributed by atoms with Crippen LogP contribution in [0, 0.1) is 0 Å². The first-order valence-electron chi connectivity index (χ1n) is 6.43. The van der Waals surface area contributed by atoms with Gasteiger partial charge in [0.25, 0.3) is 0 Å². The van der Waals surface area contributed by atoms with E-state index in [1.54, 1.807) is 13.3 Å². The van der Waals surface area contributed by atoms with E-state index < -0.39 is 0 Å². The molecule has 0 aliphatic carbocycles. The second kappa shape index (κ2) is 5.38. The van der Waals surface area contributed by atoms with E-state index in [1.165, 1.54) is 0 Å². The maximum atomic E-state index is 6.31. The maximum absolute atomic E-state index is 6.31. The van der Waals surface area contributed by atoms with Crippen molar-refractivity contribution in [2.75, 3.05) is 20.3 Å². The highest BCUT2D eigenvalue weighted by Crippen LogP contribution is 2.34. The van der Waals surface area contributed by atoms with Crippen molar-refractivity contribution in [1.29, 1.82) is 0 Å². The Labute approximate surface area is 117 Å². The number of fused-ring (bicyclic) bond motifs is 1. The van der Waals surface area contributed by atoms with Gasteiger partial charge in [-0.05, 0) is 23.8 Å². The molecule has 5 heteroatoms. The molecule has 104 valence electrons. The summed E-state index contributed by atoms with van der Waals surface area (Å²) in [6, 6.07) is 9.15. The van der Waals surface area contributed by atoms with Crippen LogP contribution in [0.1, 0.15) is 17.2 Å². The van der Waals surface area contributed by atoms with Gasteiger partial charge in [0, 0.05) is 11.8 Å². The molecule has 0 saturated carbocycles. The van der Waals surface area contributed by atoms with Crippen LogP contribution in [-0.4, -0.2) is 25.3 Å². The summed E-state index contributed by atoms with van der Waals surface area (Å²) in [4.78, 5) is 4.17. The third kappa shape index (κ3) is 2.28. The predicted octanol–water partition coefficient (Wildman–Crippen LogP) is 1.91. The number of aromatic nitrogens is 1. The first-order chi connectivity index (χ1) is 9.79. The van der Waals surface area contributed by atoms with Crippen LogP contribution in [0.15, 0.2) is 36.5 Å². The number of pyridine rings is 1. The van der Waals surface area contributed by atoms with Crippen LogP contribution in [0.5, 0.6) is 17.4 Å². The molecule has 0 saturated heterocycles. The lowest BCUT2D eigenvalue weighted by Crippen LogP contribution is -2.17. The summed E-state index contributed by atoms with van der Waals surface area (Å²) < 4.78 is 16.3. The zero-order valence-electron chi connectivity index (χ0n) is 11.2. The maximum Gasteiger partial charge on any atom is 0.218 e. The minimum atomic E-state index is -0.325. The van der Waals surface area contributed by atoms with E-state index in [1.807, 2.05) is 30.3 Å². The number of nitrogens with two attached hydrogens (primary N) is 1. The Kier molecular flexibility index (Phi) is 3.43. The summed E-state index contributed by atoms with van der Waals surface area (Å²) in [7, 11) is 1.59. The molecule has 1 atom stereocenters. The van der Waals surface area contributed by atoms with Crippen molar-refractivity contribution in [2.45, 2.75) is 6.04 Å². The largest absolute Gasteiger partial charge is 0.486 e. The smallest absolute Gasteiger partial charge is 0.218 e. The molecule has 1 aromatic carbocycles. The third-order valence-corrected chi connectivity index (χ3v) is 3.25. The van der Waals surface area contributed by atoms with Gasteiger partial charge in [-0.1, -0.05) is 12.1 Å². The Balaban J connectivity index is 1.96. The molecular weight excluding hydrogens is 256 g/mol. The molecule has 2 N–H and O–H groups in total. The van der Waals surface area contributed by atoms with Gasteiger partial charge in [0.2, 0.25) is 5.88 Å². The van der Waals surface area contributed by atoms with E-state index in [-0.39, 0.29) is 6.04 Å². The fourth-order valence-corrected chi connectivity index (χ4v) is 2.24. The highest BCUT2D eigenvalue weighted by atomic mass is 16.6. The zero-order chi connectivity index (χ0) is 13.9. The second-order valence-corrected chi connectivity index (χ2v) is 4.48. The Morgan fingerprint density at radius 3 is 2.80 bits per heavy atom. The van der Waals surface area contributed by atoms with Gasteiger partial charge in [0.05, 0.1) is 13.2 Å². The molecule has 2 aromatic rings. The van der Waals surface area contributed by atoms with Gasteiger partial charge in [0.15, 0.2) is 11.5 Å². The van der Waals surface area contributed by atoms with E-state index in [2.05, 4.69) is 4.98 Å². The summed E-state index contributed by atoms with van der Waals surface area (Å²) in [6.07, 6.45) is 1.68. The zero-order valence-corrected chi connectivity index (χ0v) is 11.2. The number of hydrogen-bond donors (Lipinski definition) is 1. The van der Waals surface area contributed by atoms with E-state index in [4.69, 9.17) is 19.9 Å². The number of ether oxygens (including phenoxy) is 3. The molecule has 1 unspecified atom stereocenters. The van der Waals surface area contributed by atoms with E-state index >= 15 is 0 Å². The Hall–Kier alpha value is -2.27. The molecule has 0 amide bonds. The van der Waals surface area contributed by atoms with Gasteiger partial charge in [-0.2, -0.15) is 0 Å². The van der Waals surface area contributed by atoms with Gasteiger partial charge in [-0.3, -0.25) is 0 Å². The lowest BCUT2D eigenvalue weighted by atomic mass is 10.00. The summed E-state index contributed by atoms with van der Waals surface area (Å²) in [5, 5.41) is 0. The van der Waals surface area contributed by atoms with Crippen molar-refractivity contribution >= 4 is 0 Å². The molecule has 0 spiro atoms. The average molecular weight is 272 g/mol. The molecule has 1 aromatic heterocycles. The molecular formula is C15H16N2O3. The van der Waals surface area contributed by atoms with Crippen LogP contribution >= 0.6 is 0 Å². The number of nitrogens with zero attached hydrogens (tertiary/aromatic N) is 1. The van der Waals surface area contributed by atoms with Crippen LogP contribution in [-0.2, 0) is 0 Å². The first-order valence-corrected chi connectivity index (χ1v) is 6.43. The summed E-state index contributed by atoms with van der Waals surface area (Å²) in [5.74, 6) is 2.02. The Bertz CT molecular complexity index is 616. The van der Waals surface area contributed by atoms with Gasteiger partial charge in [-0.25, -0.2) is 4.98 Å². The molecule has 20 heavy (non-hydrogen) atoms. The standard InChI is InChI=1S/C15H16N2O3/c1-18-15-11(3-2-6-17-15)14(16)10-4-5-12-13(9-10)20-8-7-19-12/h2-6,9,14H,7-8,16H2,1H3. The quantitative estimate of drug-likeness (QED) is 0.924. The van der Waals surface area contributed by atoms with Gasteiger partial charge in [0.1, 0.15) is 13.2 Å². The van der Waals surface area contributed by atoms with Crippen molar-refractivity contribution < 1.29 is 14.2 Å². The van der Waals surface area contributed by atoms with Crippen molar-refractivity contribution in [3.05, 3.63) is 47.7 Å². The lowest BCUT2D eigenvalue weighted by molar-refractivity contribution is 0.171. The molecule has 0 fully saturated rings. The average Bonchev–Trinajstić information content (AvgIpc) is 2.53. The highest BCUT2D eigenvalue weighted by Gasteiger charge is 2.18. The number of hydrogen-bond acceptors (Lipinski definition) is 5. The number of methoxy groups -OCH3 is 1. The second-order valence-electron chi connectivity index (χ2n) is 4.48. The van der Waals surface area contributed by atoms with Gasteiger partial charge < -0.3 is 19.9 Å². The van der Waals surface area contributed by atoms with E-state index in [0.717, 1.165) is 22.6 Å². The topological polar surface area (TPSA) is 66.6 Å². The minimum Gasteiger partial charge on any atom is -0.486 e. The van der Waals surface area contributed by atoms with E-state index in [9.17, 15) is 0 Å². The monoisotopic (exact) mass is 272 g/mol. The summed E-state index contributed by atoms with van der Waals surface area (Å²) in [6.45, 7) is 1.14. The van der Waals surface area contributed by atoms with Crippen molar-refractivity contribution in [2.24, 2.45) is 5.73 Å². The molecule has 1 aliphatic heterocycles. The molecule has 5 nitrogen and oxygen atoms in total. The molecule has 0 bridgehead atoms. The van der Waals surface area contributed by atoms with Crippen molar-refractivity contribution in [1.82, 2.24) is 4.98 Å². The number of benzene rings is 1. The highest BCUT2D eigenvalue weighted by molar-refractivity contribution is 5.47. The van der Waals surface area contributed by atoms with Crippen LogP contribution < -0.4 is 19.9 Å². The fourth-order valence-electron chi connectivity index (χ4n) is 2.24. The van der Waals surface area contributed by atoms with Crippen LogP contribution in [0.4, 0.5) is 0 Å². The minimum absolute atomic E-state index is 0.325. The molecule has 3 rings (SSSR count). The normalized spacial score (nSPS) is 14.7. The van der Waals surface area contributed by atoms with Gasteiger partial charge >= 0.3 is 0 Å². The van der Waals surface area contributed by atoms with Crippen molar-refractivity contribution in [3.8, 4) is 17.4 Å². The molecule has 0 radical (unpaired) electrons. The lowest BCUT2D eigenvalue weighted by Gasteiger charge is -2.21. The summed E-state index contributed by atoms with van der Waals surface area (Å²) >= 11 is 0. The van der Waals surface area contributed by atoms with E-state index in [0.29, 0.717) is 19.1 Å². The van der Waals surface area contributed by atoms with Crippen molar-refractivity contribution in [3.63, 3.8) is 0 Å².